The lowest BCUT2D eigenvalue weighted by molar-refractivity contribution is 0.00749. The topological polar surface area (TPSA) is 50.8 Å². The Hall–Kier alpha value is -1.91. The molecule has 1 aromatic carbocycles. The number of methoxy groups -OCH3 is 1. The van der Waals surface area contributed by atoms with E-state index < -0.39 is 5.60 Å². The first-order valence-electron chi connectivity index (χ1n) is 7.92. The number of amides is 1. The molecule has 1 N–H and O–H groups in total. The summed E-state index contributed by atoms with van der Waals surface area (Å²) in [4.78, 5) is 14.2. The SMILES string of the molecule is COc1ccccc1NCCN(C(=O)OC(C)(C)C)C(C)(C)C. The van der Waals surface area contributed by atoms with Crippen LogP contribution in [0.3, 0.4) is 0 Å². The van der Waals surface area contributed by atoms with Crippen LogP contribution in [-0.2, 0) is 4.74 Å². The molecule has 0 unspecified atom stereocenters. The van der Waals surface area contributed by atoms with Crippen molar-refractivity contribution in [3.05, 3.63) is 24.3 Å². The molecule has 1 rings (SSSR count). The molecular weight excluding hydrogens is 292 g/mol. The van der Waals surface area contributed by atoms with Crippen LogP contribution in [0.25, 0.3) is 0 Å². The zero-order chi connectivity index (χ0) is 17.7. The predicted molar refractivity (Wildman–Crippen MR) is 94.2 cm³/mol. The summed E-state index contributed by atoms with van der Waals surface area (Å²) in [5.74, 6) is 0.784. The number of carbonyl (C=O) groups excluding carboxylic acids is 1. The Balaban J connectivity index is 2.70. The molecular formula is C18H30N2O3. The second kappa shape index (κ2) is 7.57. The van der Waals surface area contributed by atoms with E-state index in [1.165, 1.54) is 0 Å². The maximum Gasteiger partial charge on any atom is 0.410 e. The van der Waals surface area contributed by atoms with Gasteiger partial charge < -0.3 is 19.7 Å². The molecule has 130 valence electrons. The predicted octanol–water partition coefficient (Wildman–Crippen LogP) is 4.14. The van der Waals surface area contributed by atoms with Crippen LogP contribution in [-0.4, -0.2) is 42.3 Å². The van der Waals surface area contributed by atoms with E-state index in [4.69, 9.17) is 9.47 Å². The monoisotopic (exact) mass is 322 g/mol. The quantitative estimate of drug-likeness (QED) is 0.885. The number of nitrogens with zero attached hydrogens (tertiary/aromatic N) is 1. The second-order valence-corrected chi connectivity index (χ2v) is 7.43. The van der Waals surface area contributed by atoms with Crippen molar-refractivity contribution in [3.63, 3.8) is 0 Å². The molecule has 0 fully saturated rings. The number of para-hydroxylation sites is 2. The molecule has 5 heteroatoms. The van der Waals surface area contributed by atoms with Crippen LogP contribution < -0.4 is 10.1 Å². The van der Waals surface area contributed by atoms with Gasteiger partial charge in [-0.15, -0.1) is 0 Å². The molecule has 0 aliphatic rings. The highest BCUT2D eigenvalue weighted by molar-refractivity contribution is 5.69. The van der Waals surface area contributed by atoms with Crippen molar-refractivity contribution in [1.82, 2.24) is 4.90 Å². The number of anilines is 1. The minimum Gasteiger partial charge on any atom is -0.495 e. The summed E-state index contributed by atoms with van der Waals surface area (Å²) in [5, 5.41) is 3.31. The summed E-state index contributed by atoms with van der Waals surface area (Å²) in [7, 11) is 1.64. The molecule has 0 aromatic heterocycles. The van der Waals surface area contributed by atoms with Crippen LogP contribution in [0.2, 0.25) is 0 Å². The molecule has 23 heavy (non-hydrogen) atoms. The first-order valence-corrected chi connectivity index (χ1v) is 7.92. The van der Waals surface area contributed by atoms with Crippen LogP contribution in [0.4, 0.5) is 10.5 Å². The van der Waals surface area contributed by atoms with Gasteiger partial charge in [0.05, 0.1) is 12.8 Å². The third-order valence-electron chi connectivity index (χ3n) is 3.18. The van der Waals surface area contributed by atoms with E-state index in [9.17, 15) is 4.79 Å². The van der Waals surface area contributed by atoms with Gasteiger partial charge in [-0.2, -0.15) is 0 Å². The normalized spacial score (nSPS) is 11.8. The summed E-state index contributed by atoms with van der Waals surface area (Å²) in [6.07, 6.45) is -0.299. The van der Waals surface area contributed by atoms with E-state index in [1.54, 1.807) is 12.0 Å². The molecule has 0 aliphatic carbocycles. The Kier molecular flexibility index (Phi) is 6.30. The summed E-state index contributed by atoms with van der Waals surface area (Å²) in [6.45, 7) is 12.8. The number of carbonyl (C=O) groups is 1. The van der Waals surface area contributed by atoms with Gasteiger partial charge in [0.1, 0.15) is 11.4 Å². The number of rotatable bonds is 5. The summed E-state index contributed by atoms with van der Waals surface area (Å²) < 4.78 is 10.8. The van der Waals surface area contributed by atoms with E-state index in [0.717, 1.165) is 11.4 Å². The molecule has 0 heterocycles. The number of hydrogen-bond acceptors (Lipinski definition) is 4. The van der Waals surface area contributed by atoms with Gasteiger partial charge in [-0.25, -0.2) is 4.79 Å². The molecule has 0 bridgehead atoms. The molecule has 1 amide bonds. The Bertz CT molecular complexity index is 516. The van der Waals surface area contributed by atoms with Gasteiger partial charge in [-0.3, -0.25) is 0 Å². The van der Waals surface area contributed by atoms with E-state index in [1.807, 2.05) is 65.8 Å². The second-order valence-electron chi connectivity index (χ2n) is 7.43. The fourth-order valence-electron chi connectivity index (χ4n) is 2.11. The maximum absolute atomic E-state index is 12.4. The van der Waals surface area contributed by atoms with Crippen LogP contribution in [0.1, 0.15) is 41.5 Å². The number of nitrogens with one attached hydrogen (secondary N) is 1. The first-order chi connectivity index (χ1) is 10.5. The Morgan fingerprint density at radius 1 is 1.13 bits per heavy atom. The molecule has 5 nitrogen and oxygen atoms in total. The number of benzene rings is 1. The lowest BCUT2D eigenvalue weighted by atomic mass is 10.1. The van der Waals surface area contributed by atoms with Crippen molar-refractivity contribution in [2.24, 2.45) is 0 Å². The van der Waals surface area contributed by atoms with E-state index in [0.29, 0.717) is 13.1 Å². The third-order valence-corrected chi connectivity index (χ3v) is 3.18. The molecule has 0 spiro atoms. The standard InChI is InChI=1S/C18H30N2O3/c1-17(2,3)20(16(21)23-18(4,5)6)13-12-19-14-10-8-9-11-15(14)22-7/h8-11,19H,12-13H2,1-7H3. The van der Waals surface area contributed by atoms with Crippen molar-refractivity contribution in [2.75, 3.05) is 25.5 Å². The summed E-state index contributed by atoms with van der Waals surface area (Å²) >= 11 is 0. The molecule has 1 aromatic rings. The molecule has 0 atom stereocenters. The Morgan fingerprint density at radius 2 is 1.74 bits per heavy atom. The van der Waals surface area contributed by atoms with Crippen molar-refractivity contribution >= 4 is 11.8 Å². The van der Waals surface area contributed by atoms with Crippen LogP contribution >= 0.6 is 0 Å². The zero-order valence-corrected chi connectivity index (χ0v) is 15.4. The van der Waals surface area contributed by atoms with Crippen molar-refractivity contribution in [2.45, 2.75) is 52.7 Å². The van der Waals surface area contributed by atoms with Crippen molar-refractivity contribution in [1.29, 1.82) is 0 Å². The van der Waals surface area contributed by atoms with Crippen molar-refractivity contribution in [3.8, 4) is 5.75 Å². The third kappa shape index (κ3) is 6.38. The smallest absolute Gasteiger partial charge is 0.410 e. The lowest BCUT2D eigenvalue weighted by Crippen LogP contribution is -2.49. The average Bonchev–Trinajstić information content (AvgIpc) is 2.40. The van der Waals surface area contributed by atoms with E-state index in [2.05, 4.69) is 5.32 Å². The van der Waals surface area contributed by atoms with Gasteiger partial charge in [0, 0.05) is 18.6 Å². The number of hydrogen-bond donors (Lipinski definition) is 1. The van der Waals surface area contributed by atoms with Crippen molar-refractivity contribution < 1.29 is 14.3 Å². The minimum absolute atomic E-state index is 0.299. The minimum atomic E-state index is -0.503. The largest absolute Gasteiger partial charge is 0.495 e. The maximum atomic E-state index is 12.4. The van der Waals surface area contributed by atoms with Gasteiger partial charge in [0.25, 0.3) is 0 Å². The van der Waals surface area contributed by atoms with Gasteiger partial charge in [0.2, 0.25) is 0 Å². The molecule has 0 saturated heterocycles. The lowest BCUT2D eigenvalue weighted by Gasteiger charge is -2.37. The van der Waals surface area contributed by atoms with Gasteiger partial charge >= 0.3 is 6.09 Å². The zero-order valence-electron chi connectivity index (χ0n) is 15.4. The molecule has 0 aliphatic heterocycles. The van der Waals surface area contributed by atoms with E-state index in [-0.39, 0.29) is 11.6 Å². The molecule has 0 radical (unpaired) electrons. The van der Waals surface area contributed by atoms with Crippen LogP contribution in [0, 0.1) is 0 Å². The van der Waals surface area contributed by atoms with Gasteiger partial charge in [-0.1, -0.05) is 12.1 Å². The highest BCUT2D eigenvalue weighted by Gasteiger charge is 2.30. The van der Waals surface area contributed by atoms with Crippen LogP contribution in [0.5, 0.6) is 5.75 Å². The first kappa shape index (κ1) is 19.1. The summed E-state index contributed by atoms with van der Waals surface area (Å²) in [6, 6.07) is 7.72. The van der Waals surface area contributed by atoms with E-state index >= 15 is 0 Å². The molecule has 0 saturated carbocycles. The highest BCUT2D eigenvalue weighted by Crippen LogP contribution is 2.23. The fraction of sp³-hybridized carbons (Fsp3) is 0.611. The van der Waals surface area contributed by atoms with Crippen LogP contribution in [0.15, 0.2) is 24.3 Å². The van der Waals surface area contributed by atoms with Gasteiger partial charge in [0.15, 0.2) is 0 Å². The van der Waals surface area contributed by atoms with Gasteiger partial charge in [-0.05, 0) is 53.7 Å². The number of ether oxygens (including phenoxy) is 2. The fourth-order valence-corrected chi connectivity index (χ4v) is 2.11. The average molecular weight is 322 g/mol. The highest BCUT2D eigenvalue weighted by atomic mass is 16.6. The Morgan fingerprint density at radius 3 is 2.26 bits per heavy atom. The summed E-state index contributed by atoms with van der Waals surface area (Å²) in [5.41, 5.74) is 0.0922. The Labute approximate surface area is 140 Å².